The van der Waals surface area contributed by atoms with Crippen LogP contribution in [0.1, 0.15) is 36.4 Å². The van der Waals surface area contributed by atoms with Gasteiger partial charge in [-0.05, 0) is 32.4 Å². The molecule has 3 N–H and O–H groups in total. The monoisotopic (exact) mass is 517 g/mol. The van der Waals surface area contributed by atoms with Crippen LogP contribution in [0.3, 0.4) is 0 Å². The van der Waals surface area contributed by atoms with Gasteiger partial charge in [0.2, 0.25) is 5.95 Å². The Balaban J connectivity index is 1.16. The molecule has 200 valence electrons. The van der Waals surface area contributed by atoms with Gasteiger partial charge in [0.1, 0.15) is 28.2 Å². The number of nitrogens with one attached hydrogen (secondary N) is 1. The number of likely N-dealkylation sites (tertiary alicyclic amines) is 2. The summed E-state index contributed by atoms with van der Waals surface area (Å²) in [7, 11) is 1.72. The van der Waals surface area contributed by atoms with Crippen molar-refractivity contribution in [3.63, 3.8) is 0 Å². The molecular formula is C27H35N9O2. The molecule has 0 atom stereocenters. The lowest BCUT2D eigenvalue weighted by Crippen LogP contribution is -2.72. The van der Waals surface area contributed by atoms with Gasteiger partial charge in [-0.25, -0.2) is 4.98 Å². The number of hydrogen-bond acceptors (Lipinski definition) is 10. The highest BCUT2D eigenvalue weighted by atomic mass is 16.5. The summed E-state index contributed by atoms with van der Waals surface area (Å²) in [5, 5.41) is 11.9. The summed E-state index contributed by atoms with van der Waals surface area (Å²) >= 11 is 0. The Bertz CT molecular complexity index is 1450. The van der Waals surface area contributed by atoms with Gasteiger partial charge in [0.25, 0.3) is 0 Å². The van der Waals surface area contributed by atoms with Crippen molar-refractivity contribution < 1.29 is 9.26 Å². The summed E-state index contributed by atoms with van der Waals surface area (Å²) in [4.78, 5) is 13.9. The first kappa shape index (κ1) is 24.6. The first-order valence-electron chi connectivity index (χ1n) is 13.1. The number of anilines is 2. The molecule has 11 nitrogen and oxygen atoms in total. The highest BCUT2D eigenvalue weighted by molar-refractivity contribution is 5.86. The molecule has 11 heteroatoms. The largest absolute Gasteiger partial charge is 0.496 e. The minimum absolute atomic E-state index is 0.185. The third-order valence-corrected chi connectivity index (χ3v) is 7.62. The summed E-state index contributed by atoms with van der Waals surface area (Å²) in [6.45, 7) is 13.1. The fourth-order valence-electron chi connectivity index (χ4n) is 5.77. The van der Waals surface area contributed by atoms with Crippen LogP contribution in [0.4, 0.5) is 11.8 Å². The number of aryl methyl sites for hydroxylation is 1. The Morgan fingerprint density at radius 2 is 1.95 bits per heavy atom. The zero-order valence-corrected chi connectivity index (χ0v) is 22.4. The van der Waals surface area contributed by atoms with Crippen molar-refractivity contribution in [1.82, 2.24) is 34.7 Å². The number of methoxy groups -OCH3 is 1. The molecule has 2 aliphatic rings. The number of nitrogen functional groups attached to an aromatic ring is 1. The maximum atomic E-state index is 5.97. The average Bonchev–Trinajstić information content (AvgIpc) is 3.44. The number of nitrogens with zero attached hydrogens (tertiary/aromatic N) is 7. The van der Waals surface area contributed by atoms with E-state index in [2.05, 4.69) is 67.4 Å². The van der Waals surface area contributed by atoms with Crippen molar-refractivity contribution in [3.05, 3.63) is 53.0 Å². The molecule has 1 spiro atoms. The molecule has 5 heterocycles. The highest BCUT2D eigenvalue weighted by Gasteiger charge is 2.51. The van der Waals surface area contributed by atoms with Gasteiger partial charge in [-0.2, -0.15) is 10.1 Å². The summed E-state index contributed by atoms with van der Waals surface area (Å²) < 4.78 is 12.8. The number of benzene rings is 1. The van der Waals surface area contributed by atoms with Crippen molar-refractivity contribution >= 4 is 22.8 Å². The summed E-state index contributed by atoms with van der Waals surface area (Å²) in [6, 6.07) is 8.99. The standard InChI is InChI=1S/C27H35N9O2/c1-17(2)35-15-27(16-35)13-34(14-27)11-19-5-6-20(23(8-19)37-4)12-36-24-22(10-30-36)31-26(28)32-25(24)29-9-21-7-18(3)38-33-21/h5-8,10,17H,9,11-16H2,1-4H3,(H3,28,29,31,32). The molecule has 3 aromatic heterocycles. The number of hydrogen-bond donors (Lipinski definition) is 2. The molecule has 6 rings (SSSR count). The van der Waals surface area contributed by atoms with E-state index in [1.807, 2.05) is 17.7 Å². The zero-order valence-electron chi connectivity index (χ0n) is 22.4. The van der Waals surface area contributed by atoms with Gasteiger partial charge >= 0.3 is 0 Å². The van der Waals surface area contributed by atoms with Gasteiger partial charge in [0, 0.05) is 55.8 Å². The van der Waals surface area contributed by atoms with E-state index in [0.29, 0.717) is 35.9 Å². The predicted molar refractivity (Wildman–Crippen MR) is 145 cm³/mol. The molecule has 0 saturated carbocycles. The van der Waals surface area contributed by atoms with E-state index in [1.54, 1.807) is 13.3 Å². The first-order chi connectivity index (χ1) is 18.3. The minimum Gasteiger partial charge on any atom is -0.496 e. The van der Waals surface area contributed by atoms with Crippen molar-refractivity contribution in [2.75, 3.05) is 44.3 Å². The van der Waals surface area contributed by atoms with E-state index < -0.39 is 0 Å². The molecule has 0 bridgehead atoms. The van der Waals surface area contributed by atoms with Crippen molar-refractivity contribution in [2.24, 2.45) is 5.41 Å². The highest BCUT2D eigenvalue weighted by Crippen LogP contribution is 2.41. The normalized spacial score (nSPS) is 17.2. The third kappa shape index (κ3) is 4.67. The summed E-state index contributed by atoms with van der Waals surface area (Å²) in [5.74, 6) is 2.38. The van der Waals surface area contributed by atoms with Crippen LogP contribution in [0.2, 0.25) is 0 Å². The maximum Gasteiger partial charge on any atom is 0.222 e. The van der Waals surface area contributed by atoms with Crippen LogP contribution >= 0.6 is 0 Å². The first-order valence-corrected chi connectivity index (χ1v) is 13.1. The van der Waals surface area contributed by atoms with E-state index in [0.717, 1.165) is 34.8 Å². The molecule has 0 aliphatic carbocycles. The van der Waals surface area contributed by atoms with E-state index in [1.165, 1.54) is 31.7 Å². The van der Waals surface area contributed by atoms with Gasteiger partial charge in [-0.15, -0.1) is 0 Å². The van der Waals surface area contributed by atoms with Crippen molar-refractivity contribution in [1.29, 1.82) is 0 Å². The van der Waals surface area contributed by atoms with Gasteiger partial charge in [-0.1, -0.05) is 17.3 Å². The fraction of sp³-hybridized carbons (Fsp3) is 0.481. The SMILES string of the molecule is COc1cc(CN2CC3(C2)CN(C(C)C)C3)ccc1Cn1ncc2nc(N)nc(NCc3cc(C)on3)c21. The molecule has 2 fully saturated rings. The molecule has 38 heavy (non-hydrogen) atoms. The molecule has 2 aliphatic heterocycles. The topological polar surface area (TPSA) is 123 Å². The van der Waals surface area contributed by atoms with Crippen molar-refractivity contribution in [3.8, 4) is 5.75 Å². The fourth-order valence-corrected chi connectivity index (χ4v) is 5.77. The third-order valence-electron chi connectivity index (χ3n) is 7.62. The molecule has 4 aromatic rings. The van der Waals surface area contributed by atoms with Gasteiger partial charge in [0.15, 0.2) is 5.82 Å². The molecule has 0 radical (unpaired) electrons. The Morgan fingerprint density at radius 1 is 1.13 bits per heavy atom. The quantitative estimate of drug-likeness (QED) is 0.342. The molecule has 1 aromatic carbocycles. The number of fused-ring (bicyclic) bond motifs is 1. The van der Waals surface area contributed by atoms with Crippen molar-refractivity contribution in [2.45, 2.75) is 46.4 Å². The lowest BCUT2D eigenvalue weighted by Gasteiger charge is -2.61. The van der Waals surface area contributed by atoms with E-state index in [-0.39, 0.29) is 5.95 Å². The van der Waals surface area contributed by atoms with Gasteiger partial charge in [-0.3, -0.25) is 14.5 Å². The van der Waals surface area contributed by atoms with Crippen LogP contribution < -0.4 is 15.8 Å². The van der Waals surface area contributed by atoms with Crippen LogP contribution in [-0.4, -0.2) is 74.0 Å². The second-order valence-corrected chi connectivity index (χ2v) is 11.0. The van der Waals surface area contributed by atoms with Crippen LogP contribution in [0, 0.1) is 12.3 Å². The second-order valence-electron chi connectivity index (χ2n) is 11.0. The van der Waals surface area contributed by atoms with E-state index >= 15 is 0 Å². The molecule has 0 amide bonds. The Labute approximate surface area is 221 Å². The Hall–Kier alpha value is -3.70. The lowest BCUT2D eigenvalue weighted by molar-refractivity contribution is -0.128. The summed E-state index contributed by atoms with van der Waals surface area (Å²) in [5.41, 5.74) is 11.0. The number of aromatic nitrogens is 5. The summed E-state index contributed by atoms with van der Waals surface area (Å²) in [6.07, 6.45) is 1.71. The van der Waals surface area contributed by atoms with Gasteiger partial charge in [0.05, 0.1) is 26.4 Å². The second kappa shape index (κ2) is 9.55. The number of nitrogens with two attached hydrogens (primary N) is 1. The zero-order chi connectivity index (χ0) is 26.4. The number of ether oxygens (including phenoxy) is 1. The van der Waals surface area contributed by atoms with Crippen LogP contribution in [-0.2, 0) is 19.6 Å². The van der Waals surface area contributed by atoms with Crippen LogP contribution in [0.25, 0.3) is 11.0 Å². The van der Waals surface area contributed by atoms with Gasteiger partial charge < -0.3 is 20.3 Å². The lowest BCUT2D eigenvalue weighted by atomic mass is 9.72. The minimum atomic E-state index is 0.185. The van der Waals surface area contributed by atoms with Crippen LogP contribution in [0.15, 0.2) is 35.0 Å². The van der Waals surface area contributed by atoms with Crippen LogP contribution in [0.5, 0.6) is 5.75 Å². The Morgan fingerprint density at radius 3 is 2.66 bits per heavy atom. The Kier molecular flexibility index (Phi) is 6.19. The van der Waals surface area contributed by atoms with E-state index in [9.17, 15) is 0 Å². The number of rotatable bonds is 9. The smallest absolute Gasteiger partial charge is 0.222 e. The molecule has 0 unspecified atom stereocenters. The predicted octanol–water partition coefficient (Wildman–Crippen LogP) is 2.90. The maximum absolute atomic E-state index is 5.97. The van der Waals surface area contributed by atoms with E-state index in [4.69, 9.17) is 15.0 Å². The molecular weight excluding hydrogens is 482 g/mol. The average molecular weight is 518 g/mol. The molecule has 2 saturated heterocycles.